The van der Waals surface area contributed by atoms with E-state index in [-0.39, 0.29) is 21.2 Å². The third-order valence-electron chi connectivity index (χ3n) is 3.74. The van der Waals surface area contributed by atoms with E-state index in [1.165, 1.54) is 12.5 Å². The Hall–Kier alpha value is -2.39. The zero-order valence-corrected chi connectivity index (χ0v) is 17.4. The van der Waals surface area contributed by atoms with Crippen LogP contribution in [-0.2, 0) is 14.6 Å². The Morgan fingerprint density at radius 3 is 2.52 bits per heavy atom. The van der Waals surface area contributed by atoms with Crippen molar-refractivity contribution in [2.45, 2.75) is 18.2 Å². The number of sulfone groups is 1. The van der Waals surface area contributed by atoms with E-state index in [4.69, 9.17) is 4.74 Å². The van der Waals surface area contributed by atoms with E-state index in [0.29, 0.717) is 6.42 Å². The summed E-state index contributed by atoms with van der Waals surface area (Å²) < 4.78 is 29.7. The van der Waals surface area contributed by atoms with E-state index in [1.807, 2.05) is 43.3 Å². The summed E-state index contributed by atoms with van der Waals surface area (Å²) in [7, 11) is 1.64. The highest BCUT2D eigenvalue weighted by molar-refractivity contribution is 7.91. The molecule has 0 aliphatic carbocycles. The lowest BCUT2D eigenvalue weighted by Crippen LogP contribution is -2.09. The molecule has 0 aliphatic rings. The smallest absolute Gasteiger partial charge is 0.350 e. The third-order valence-corrected chi connectivity index (χ3v) is 6.78. The minimum atomic E-state index is -3.51. The van der Waals surface area contributed by atoms with Crippen molar-refractivity contribution >= 4 is 44.7 Å². The molecular formula is C18H23N3O4S2. The van der Waals surface area contributed by atoms with Crippen LogP contribution in [0.5, 0.6) is 0 Å². The van der Waals surface area contributed by atoms with Gasteiger partial charge in [-0.3, -0.25) is 5.43 Å². The van der Waals surface area contributed by atoms with E-state index >= 15 is 0 Å². The Morgan fingerprint density at radius 1 is 1.30 bits per heavy atom. The lowest BCUT2D eigenvalue weighted by Gasteiger charge is -2.11. The molecular weight excluding hydrogens is 386 g/mol. The number of hydrogen-bond acceptors (Lipinski definition) is 8. The van der Waals surface area contributed by atoms with E-state index in [1.54, 1.807) is 13.1 Å². The second-order valence-corrected chi connectivity index (χ2v) is 8.93. The van der Waals surface area contributed by atoms with Crippen molar-refractivity contribution < 1.29 is 17.9 Å². The summed E-state index contributed by atoms with van der Waals surface area (Å²) >= 11 is 1.02. The Kier molecular flexibility index (Phi) is 6.98. The van der Waals surface area contributed by atoms with Gasteiger partial charge in [0.2, 0.25) is 0 Å². The van der Waals surface area contributed by atoms with Gasteiger partial charge in [0.05, 0.1) is 19.1 Å². The van der Waals surface area contributed by atoms with E-state index in [9.17, 15) is 13.2 Å². The summed E-state index contributed by atoms with van der Waals surface area (Å²) in [5.74, 6) is -0.611. The van der Waals surface area contributed by atoms with Crippen LogP contribution in [0.1, 0.15) is 28.6 Å². The lowest BCUT2D eigenvalue weighted by atomic mass is 10.2. The largest absolute Gasteiger partial charge is 0.465 e. The molecule has 0 aliphatic heterocycles. The molecule has 27 heavy (non-hydrogen) atoms. The zero-order valence-electron chi connectivity index (χ0n) is 15.7. The molecule has 1 heterocycles. The van der Waals surface area contributed by atoms with Crippen LogP contribution in [0.3, 0.4) is 0 Å². The van der Waals surface area contributed by atoms with Crippen LogP contribution in [0.4, 0.5) is 11.4 Å². The summed E-state index contributed by atoms with van der Waals surface area (Å²) in [6.45, 7) is 1.79. The first-order chi connectivity index (χ1) is 12.8. The number of hydrazone groups is 1. The van der Waals surface area contributed by atoms with Crippen molar-refractivity contribution in [2.75, 3.05) is 37.3 Å². The second kappa shape index (κ2) is 9.01. The number of nitrogens with zero attached hydrogens (tertiary/aromatic N) is 2. The number of esters is 1. The van der Waals surface area contributed by atoms with Gasteiger partial charge < -0.3 is 9.64 Å². The summed E-state index contributed by atoms with van der Waals surface area (Å²) in [6.07, 6.45) is 2.04. The summed E-state index contributed by atoms with van der Waals surface area (Å²) in [4.78, 5) is 14.2. The average Bonchev–Trinajstić information content (AvgIpc) is 3.06. The van der Waals surface area contributed by atoms with Crippen molar-refractivity contribution in [1.82, 2.24) is 0 Å². The van der Waals surface area contributed by atoms with Gasteiger partial charge in [0.1, 0.15) is 15.5 Å². The molecule has 0 fully saturated rings. The first-order valence-electron chi connectivity index (χ1n) is 8.29. The first-order valence-corrected chi connectivity index (χ1v) is 10.8. The fraction of sp³-hybridized carbons (Fsp3) is 0.333. The Morgan fingerprint density at radius 2 is 1.96 bits per heavy atom. The normalized spacial score (nSPS) is 11.6. The molecule has 1 aromatic carbocycles. The molecule has 0 saturated carbocycles. The summed E-state index contributed by atoms with van der Waals surface area (Å²) in [5.41, 5.74) is 4.76. The van der Waals surface area contributed by atoms with Crippen molar-refractivity contribution in [3.8, 4) is 0 Å². The predicted molar refractivity (Wildman–Crippen MR) is 110 cm³/mol. The fourth-order valence-corrected chi connectivity index (χ4v) is 5.14. The zero-order chi connectivity index (χ0) is 20.0. The van der Waals surface area contributed by atoms with Gasteiger partial charge in [-0.1, -0.05) is 19.1 Å². The van der Waals surface area contributed by atoms with Gasteiger partial charge in [-0.15, -0.1) is 11.3 Å². The number of methoxy groups -OCH3 is 1. The number of carbonyl (C=O) groups is 1. The number of ether oxygens (including phenoxy) is 1. The Labute approximate surface area is 163 Å². The number of rotatable bonds is 8. The minimum absolute atomic E-state index is 0.00522. The Bertz CT molecular complexity index is 917. The molecule has 1 N–H and O–H groups in total. The van der Waals surface area contributed by atoms with Gasteiger partial charge in [-0.25, -0.2) is 13.2 Å². The molecule has 0 bridgehead atoms. The highest BCUT2D eigenvalue weighted by Gasteiger charge is 2.26. The third kappa shape index (κ3) is 5.08. The molecule has 146 valence electrons. The van der Waals surface area contributed by atoms with Gasteiger partial charge in [0.15, 0.2) is 9.84 Å². The van der Waals surface area contributed by atoms with E-state index < -0.39 is 15.8 Å². The number of nitrogens with one attached hydrogen (secondary N) is 1. The Balaban J connectivity index is 2.30. The molecule has 2 aromatic rings. The van der Waals surface area contributed by atoms with Crippen LogP contribution >= 0.6 is 11.3 Å². The number of anilines is 2. The van der Waals surface area contributed by atoms with Crippen molar-refractivity contribution in [3.05, 3.63) is 40.1 Å². The first kappa shape index (κ1) is 20.9. The topological polar surface area (TPSA) is 88.1 Å². The highest BCUT2D eigenvalue weighted by Crippen LogP contribution is 2.33. The molecule has 0 unspecified atom stereocenters. The molecule has 7 nitrogen and oxygen atoms in total. The molecule has 2 rings (SSSR count). The van der Waals surface area contributed by atoms with Crippen molar-refractivity contribution in [3.63, 3.8) is 0 Å². The van der Waals surface area contributed by atoms with Gasteiger partial charge >= 0.3 is 5.97 Å². The molecule has 0 atom stereocenters. The molecule has 0 amide bonds. The molecule has 1 aromatic heterocycles. The molecule has 0 saturated heterocycles. The van der Waals surface area contributed by atoms with Gasteiger partial charge in [0.25, 0.3) is 0 Å². The molecule has 0 spiro atoms. The quantitative estimate of drug-likeness (QED) is 0.409. The van der Waals surface area contributed by atoms with Crippen LogP contribution in [0, 0.1) is 0 Å². The number of hydrogen-bond donors (Lipinski definition) is 1. The average molecular weight is 410 g/mol. The number of benzene rings is 1. The SMILES string of the molecule is CCCS(=O)(=O)c1csc(C(=O)OC)c1N/N=C\c1ccc(N(C)C)cc1. The maximum absolute atomic E-state index is 12.5. The monoisotopic (exact) mass is 409 g/mol. The van der Waals surface area contributed by atoms with Gasteiger partial charge in [0, 0.05) is 25.2 Å². The minimum Gasteiger partial charge on any atom is -0.465 e. The number of thiophene rings is 1. The van der Waals surface area contributed by atoms with Crippen LogP contribution in [-0.4, -0.2) is 47.6 Å². The standard InChI is InChI=1S/C18H23N3O4S2/c1-5-10-27(23,24)15-12-26-17(18(22)25-4)16(15)20-19-11-13-6-8-14(9-7-13)21(2)3/h6-9,11-12,20H,5,10H2,1-4H3/b19-11-. The predicted octanol–water partition coefficient (Wildman–Crippen LogP) is 3.23. The van der Waals surface area contributed by atoms with Gasteiger partial charge in [-0.05, 0) is 24.1 Å². The molecule has 0 radical (unpaired) electrons. The van der Waals surface area contributed by atoms with Crippen molar-refractivity contribution in [2.24, 2.45) is 5.10 Å². The van der Waals surface area contributed by atoms with E-state index in [2.05, 4.69) is 10.5 Å². The fourth-order valence-electron chi connectivity index (χ4n) is 2.33. The van der Waals surface area contributed by atoms with Crippen LogP contribution in [0.25, 0.3) is 0 Å². The lowest BCUT2D eigenvalue weighted by molar-refractivity contribution is 0.0607. The van der Waals surface area contributed by atoms with Crippen LogP contribution < -0.4 is 10.3 Å². The molecule has 9 heteroatoms. The number of carbonyl (C=O) groups excluding carboxylic acids is 1. The van der Waals surface area contributed by atoms with Crippen LogP contribution in [0.2, 0.25) is 0 Å². The van der Waals surface area contributed by atoms with Crippen molar-refractivity contribution in [1.29, 1.82) is 0 Å². The highest BCUT2D eigenvalue weighted by atomic mass is 32.2. The van der Waals surface area contributed by atoms with Crippen LogP contribution in [0.15, 0.2) is 39.6 Å². The second-order valence-electron chi connectivity index (χ2n) is 5.97. The van der Waals surface area contributed by atoms with Gasteiger partial charge in [-0.2, -0.15) is 5.10 Å². The maximum atomic E-state index is 12.5. The summed E-state index contributed by atoms with van der Waals surface area (Å²) in [5, 5.41) is 5.56. The summed E-state index contributed by atoms with van der Waals surface area (Å²) in [6, 6.07) is 7.68. The van der Waals surface area contributed by atoms with E-state index in [0.717, 1.165) is 22.6 Å². The maximum Gasteiger partial charge on any atom is 0.350 e.